The predicted molar refractivity (Wildman–Crippen MR) is 71.2 cm³/mol. The smallest absolute Gasteiger partial charge is 0.269 e. The van der Waals surface area contributed by atoms with Gasteiger partial charge < -0.3 is 10.2 Å². The summed E-state index contributed by atoms with van der Waals surface area (Å²) in [5.74, 6) is -0.435. The topological polar surface area (TPSA) is 92.6 Å². The van der Waals surface area contributed by atoms with Crippen molar-refractivity contribution < 1.29 is 14.5 Å². The highest BCUT2D eigenvalue weighted by Crippen LogP contribution is 2.17. The number of carbonyl (C=O) groups is 2. The normalized spacial score (nSPS) is 18.6. The van der Waals surface area contributed by atoms with Crippen LogP contribution in [-0.2, 0) is 4.79 Å². The fourth-order valence-electron chi connectivity index (χ4n) is 2.26. The number of hydrogen-bond donors (Lipinski definition) is 1. The van der Waals surface area contributed by atoms with Crippen LogP contribution in [0.2, 0.25) is 0 Å². The Bertz CT molecular complexity index is 541. The second-order valence-electron chi connectivity index (χ2n) is 4.52. The van der Waals surface area contributed by atoms with Crippen LogP contribution in [-0.4, -0.2) is 40.8 Å². The van der Waals surface area contributed by atoms with Gasteiger partial charge in [0.25, 0.3) is 11.6 Å². The molecular weight excluding hydrogens is 262 g/mol. The molecule has 0 saturated carbocycles. The van der Waals surface area contributed by atoms with E-state index in [1.54, 1.807) is 0 Å². The van der Waals surface area contributed by atoms with Crippen molar-refractivity contribution in [3.8, 4) is 0 Å². The Morgan fingerprint density at radius 3 is 2.65 bits per heavy atom. The highest BCUT2D eigenvalue weighted by molar-refractivity contribution is 5.98. The van der Waals surface area contributed by atoms with Gasteiger partial charge in [-0.2, -0.15) is 0 Å². The number of non-ortho nitro benzene ring substituents is 1. The quantitative estimate of drug-likeness (QED) is 0.657. The van der Waals surface area contributed by atoms with Gasteiger partial charge in [-0.3, -0.25) is 19.7 Å². The minimum atomic E-state index is -0.516. The number of piperazine rings is 1. The standard InChI is InChI=1S/C13H15N3O4/c1-2-11-12(17)14-7-8-15(11)13(18)9-3-5-10(6-4-9)16(19)20/h3-6,11H,2,7-8H2,1H3,(H,14,17)/t11-/m1/s1. The molecule has 0 aliphatic carbocycles. The lowest BCUT2D eigenvalue weighted by Crippen LogP contribution is -2.56. The molecule has 7 nitrogen and oxygen atoms in total. The van der Waals surface area contributed by atoms with Crippen molar-refractivity contribution in [1.29, 1.82) is 0 Å². The molecule has 2 rings (SSSR count). The molecule has 1 fully saturated rings. The first-order valence-electron chi connectivity index (χ1n) is 6.37. The van der Waals surface area contributed by atoms with Crippen molar-refractivity contribution in [2.75, 3.05) is 13.1 Å². The zero-order chi connectivity index (χ0) is 14.7. The van der Waals surface area contributed by atoms with Crippen LogP contribution in [0.15, 0.2) is 24.3 Å². The van der Waals surface area contributed by atoms with Crippen LogP contribution in [0.3, 0.4) is 0 Å². The van der Waals surface area contributed by atoms with E-state index in [4.69, 9.17) is 0 Å². The van der Waals surface area contributed by atoms with E-state index in [1.165, 1.54) is 29.2 Å². The van der Waals surface area contributed by atoms with Crippen LogP contribution in [0.25, 0.3) is 0 Å². The summed E-state index contributed by atoms with van der Waals surface area (Å²) in [6, 6.07) is 4.93. The fourth-order valence-corrected chi connectivity index (χ4v) is 2.26. The lowest BCUT2D eigenvalue weighted by molar-refractivity contribution is -0.384. The Balaban J connectivity index is 2.21. The molecular formula is C13H15N3O4. The number of hydrogen-bond acceptors (Lipinski definition) is 4. The molecule has 106 valence electrons. The summed E-state index contributed by atoms with van der Waals surface area (Å²) in [4.78, 5) is 35.7. The van der Waals surface area contributed by atoms with Crippen LogP contribution < -0.4 is 5.32 Å². The molecule has 1 N–H and O–H groups in total. The molecule has 20 heavy (non-hydrogen) atoms. The Kier molecular flexibility index (Phi) is 3.97. The van der Waals surface area contributed by atoms with Gasteiger partial charge in [-0.25, -0.2) is 0 Å². The maximum absolute atomic E-state index is 12.4. The third-order valence-electron chi connectivity index (χ3n) is 3.30. The van der Waals surface area contributed by atoms with Gasteiger partial charge in [0.15, 0.2) is 0 Å². The number of rotatable bonds is 3. The number of nitrogens with one attached hydrogen (secondary N) is 1. The minimum absolute atomic E-state index is 0.0648. The molecule has 0 radical (unpaired) electrons. The Morgan fingerprint density at radius 1 is 1.45 bits per heavy atom. The predicted octanol–water partition coefficient (Wildman–Crippen LogP) is 0.945. The molecule has 0 aromatic heterocycles. The summed E-state index contributed by atoms with van der Waals surface area (Å²) in [7, 11) is 0. The van der Waals surface area contributed by atoms with E-state index >= 15 is 0 Å². The minimum Gasteiger partial charge on any atom is -0.353 e. The zero-order valence-electron chi connectivity index (χ0n) is 11.0. The molecule has 1 saturated heterocycles. The summed E-state index contributed by atoms with van der Waals surface area (Å²) in [5.41, 5.74) is 0.286. The first kappa shape index (κ1) is 14.0. The van der Waals surface area contributed by atoms with Crippen molar-refractivity contribution in [2.24, 2.45) is 0 Å². The molecule has 1 aliphatic heterocycles. The van der Waals surface area contributed by atoms with E-state index in [0.29, 0.717) is 25.1 Å². The van der Waals surface area contributed by atoms with E-state index in [-0.39, 0.29) is 17.5 Å². The van der Waals surface area contributed by atoms with E-state index < -0.39 is 11.0 Å². The maximum Gasteiger partial charge on any atom is 0.269 e. The third kappa shape index (κ3) is 2.61. The average Bonchev–Trinajstić information content (AvgIpc) is 2.46. The molecule has 0 unspecified atom stereocenters. The van der Waals surface area contributed by atoms with Gasteiger partial charge in [0.2, 0.25) is 5.91 Å². The van der Waals surface area contributed by atoms with Crippen molar-refractivity contribution >= 4 is 17.5 Å². The van der Waals surface area contributed by atoms with E-state index in [1.807, 2.05) is 6.92 Å². The largest absolute Gasteiger partial charge is 0.353 e. The number of nitrogens with zero attached hydrogens (tertiary/aromatic N) is 2. The molecule has 1 atom stereocenters. The van der Waals surface area contributed by atoms with Crippen LogP contribution in [0, 0.1) is 10.1 Å². The maximum atomic E-state index is 12.4. The van der Waals surface area contributed by atoms with E-state index in [0.717, 1.165) is 0 Å². The van der Waals surface area contributed by atoms with Crippen molar-refractivity contribution in [3.63, 3.8) is 0 Å². The van der Waals surface area contributed by atoms with Crippen molar-refractivity contribution in [2.45, 2.75) is 19.4 Å². The van der Waals surface area contributed by atoms with Gasteiger partial charge in [0.05, 0.1) is 4.92 Å². The van der Waals surface area contributed by atoms with Crippen LogP contribution in [0.5, 0.6) is 0 Å². The summed E-state index contributed by atoms with van der Waals surface area (Å²) >= 11 is 0. The lowest BCUT2D eigenvalue weighted by Gasteiger charge is -2.34. The van der Waals surface area contributed by atoms with Gasteiger partial charge in [-0.1, -0.05) is 6.92 Å². The number of nitro benzene ring substituents is 1. The van der Waals surface area contributed by atoms with E-state index in [2.05, 4.69) is 5.32 Å². The van der Waals surface area contributed by atoms with Crippen molar-refractivity contribution in [1.82, 2.24) is 10.2 Å². The Hall–Kier alpha value is -2.44. The number of benzene rings is 1. The molecule has 7 heteroatoms. The van der Waals surface area contributed by atoms with Crippen molar-refractivity contribution in [3.05, 3.63) is 39.9 Å². The number of nitro groups is 1. The average molecular weight is 277 g/mol. The highest BCUT2D eigenvalue weighted by atomic mass is 16.6. The van der Waals surface area contributed by atoms with Crippen LogP contribution in [0.4, 0.5) is 5.69 Å². The Morgan fingerprint density at radius 2 is 2.10 bits per heavy atom. The first-order chi connectivity index (χ1) is 9.54. The van der Waals surface area contributed by atoms with Crippen LogP contribution >= 0.6 is 0 Å². The second kappa shape index (κ2) is 5.68. The van der Waals surface area contributed by atoms with E-state index in [9.17, 15) is 19.7 Å². The molecule has 1 aromatic carbocycles. The van der Waals surface area contributed by atoms with Gasteiger partial charge in [-0.15, -0.1) is 0 Å². The molecule has 1 aromatic rings. The Labute approximate surface area is 115 Å². The molecule has 0 spiro atoms. The molecule has 0 bridgehead atoms. The number of carbonyl (C=O) groups excluding carboxylic acids is 2. The van der Waals surface area contributed by atoms with Gasteiger partial charge >= 0.3 is 0 Å². The highest BCUT2D eigenvalue weighted by Gasteiger charge is 2.32. The monoisotopic (exact) mass is 277 g/mol. The van der Waals surface area contributed by atoms with Gasteiger partial charge in [-0.05, 0) is 18.6 Å². The lowest BCUT2D eigenvalue weighted by atomic mass is 10.1. The second-order valence-corrected chi connectivity index (χ2v) is 4.52. The zero-order valence-corrected chi connectivity index (χ0v) is 11.0. The molecule has 1 heterocycles. The summed E-state index contributed by atoms with van der Waals surface area (Å²) in [5, 5.41) is 13.3. The van der Waals surface area contributed by atoms with Gasteiger partial charge in [0, 0.05) is 30.8 Å². The molecule has 1 aliphatic rings. The molecule has 2 amide bonds. The van der Waals surface area contributed by atoms with Gasteiger partial charge in [0.1, 0.15) is 6.04 Å². The summed E-state index contributed by atoms with van der Waals surface area (Å²) in [6.45, 7) is 2.71. The first-order valence-corrected chi connectivity index (χ1v) is 6.37. The SMILES string of the molecule is CC[C@@H]1C(=O)NCCN1C(=O)c1ccc([N+](=O)[O-])cc1. The third-order valence-corrected chi connectivity index (χ3v) is 3.30. The number of amides is 2. The fraction of sp³-hybridized carbons (Fsp3) is 0.385. The van der Waals surface area contributed by atoms with Crippen LogP contribution in [0.1, 0.15) is 23.7 Å². The summed E-state index contributed by atoms with van der Waals surface area (Å²) in [6.07, 6.45) is 0.532. The summed E-state index contributed by atoms with van der Waals surface area (Å²) < 4.78 is 0.